The van der Waals surface area contributed by atoms with Gasteiger partial charge in [0.2, 0.25) is 40.6 Å². The zero-order valence-electron chi connectivity index (χ0n) is 30.6. The number of hydrogen-bond donors (Lipinski definition) is 9. The second kappa shape index (κ2) is 20.6. The zero-order valence-corrected chi connectivity index (χ0v) is 31.4. The number of rotatable bonds is 9. The number of H-pyrrole nitrogens is 2. The molecule has 2 aromatic heterocycles. The van der Waals surface area contributed by atoms with Crippen molar-refractivity contribution in [2.45, 2.75) is 62.7 Å². The molecule has 10 N–H and O–H groups in total. The Morgan fingerprint density at radius 3 is 2.09 bits per heavy atom. The van der Waals surface area contributed by atoms with Crippen LogP contribution in [0.5, 0.6) is 0 Å². The normalized spacial score (nSPS) is 21.4. The number of benzene rings is 2. The number of nitrogens with two attached hydrogens (primary N) is 1. The van der Waals surface area contributed by atoms with Crippen molar-refractivity contribution < 1.29 is 33.6 Å². The van der Waals surface area contributed by atoms with Crippen molar-refractivity contribution in [3.63, 3.8) is 0 Å². The highest BCUT2D eigenvalue weighted by Crippen LogP contribution is 2.19. The summed E-state index contributed by atoms with van der Waals surface area (Å²) in [5.74, 6) is -3.82. The van der Waals surface area contributed by atoms with Crippen LogP contribution in [0, 0.1) is 0 Å². The molecule has 1 fully saturated rings. The van der Waals surface area contributed by atoms with Gasteiger partial charge in [-0.3, -0.25) is 33.6 Å². The Hall–Kier alpha value is -6.01. The van der Waals surface area contributed by atoms with E-state index in [1.165, 1.54) is 12.5 Å². The summed E-state index contributed by atoms with van der Waals surface area (Å²) >= 11 is 0.826. The van der Waals surface area contributed by atoms with Crippen LogP contribution >= 0.6 is 11.8 Å². The smallest absolute Gasteiger partial charge is 0.243 e. The maximum atomic E-state index is 14.1. The van der Waals surface area contributed by atoms with Gasteiger partial charge in [-0.1, -0.05) is 60.3 Å². The summed E-state index contributed by atoms with van der Waals surface area (Å²) in [5.41, 5.74) is 8.61. The van der Waals surface area contributed by atoms with Crippen LogP contribution in [-0.4, -0.2) is 105 Å². The number of fused-ring (bicyclic) bond motifs is 1. The van der Waals surface area contributed by atoms with Crippen molar-refractivity contribution in [2.24, 2.45) is 5.73 Å². The molecule has 0 saturated carbocycles. The van der Waals surface area contributed by atoms with Gasteiger partial charge >= 0.3 is 0 Å². The molecular weight excluding hydrogens is 741 g/mol. The molecule has 2 aromatic carbocycles. The molecule has 6 amide bonds. The van der Waals surface area contributed by atoms with E-state index in [1.54, 1.807) is 30.5 Å². The lowest BCUT2D eigenvalue weighted by molar-refractivity contribution is -0.134. The number of nitrogens with one attached hydrogen (secondary N) is 8. The number of aromatic nitrogens is 3. The second-order valence-electron chi connectivity index (χ2n) is 13.2. The molecule has 18 heteroatoms. The van der Waals surface area contributed by atoms with Crippen LogP contribution in [0.2, 0.25) is 0 Å². The molecule has 1 aliphatic heterocycles. The van der Waals surface area contributed by atoms with E-state index < -0.39 is 71.3 Å². The number of para-hydroxylation sites is 1. The number of carbonyl (C=O) groups is 7. The van der Waals surface area contributed by atoms with E-state index in [4.69, 9.17) is 5.73 Å². The fourth-order valence-electron chi connectivity index (χ4n) is 6.12. The fraction of sp³-hybridized carbons (Fsp3) is 0.368. The third-order valence-corrected chi connectivity index (χ3v) is 9.93. The van der Waals surface area contributed by atoms with Crippen LogP contribution in [0.15, 0.2) is 73.3 Å². The highest BCUT2D eigenvalue weighted by atomic mass is 32.2. The van der Waals surface area contributed by atoms with Crippen LogP contribution in [0.3, 0.4) is 0 Å². The van der Waals surface area contributed by atoms with Crippen LogP contribution in [0.25, 0.3) is 10.9 Å². The summed E-state index contributed by atoms with van der Waals surface area (Å²) < 4.78 is 0. The lowest BCUT2D eigenvalue weighted by Gasteiger charge is -2.27. The molecule has 0 aliphatic carbocycles. The molecule has 0 spiro atoms. The summed E-state index contributed by atoms with van der Waals surface area (Å²) in [6.07, 6.45) is 5.07. The first kappa shape index (κ1) is 41.2. The molecule has 5 rings (SSSR count). The van der Waals surface area contributed by atoms with Crippen molar-refractivity contribution in [1.82, 2.24) is 46.9 Å². The lowest BCUT2D eigenvalue weighted by Crippen LogP contribution is -2.59. The third-order valence-electron chi connectivity index (χ3n) is 9.05. The zero-order chi connectivity index (χ0) is 39.9. The van der Waals surface area contributed by atoms with Crippen molar-refractivity contribution in [2.75, 3.05) is 25.4 Å². The molecule has 1 saturated heterocycles. The van der Waals surface area contributed by atoms with Gasteiger partial charge in [-0.05, 0) is 36.6 Å². The SMILES string of the molecule is NCCC[C@@H]1NC(=O)C(Cc2ccccc2)NC(=O)[C@H](Cc2cnc[nH]2)NC(=O)CCSC(=O)CNC(=O)CNC(=O)[C@H](Cc2c[nH]c3ccccc23)NC1=O. The van der Waals surface area contributed by atoms with Crippen molar-refractivity contribution in [3.8, 4) is 0 Å². The number of carbonyl (C=O) groups excluding carboxylic acids is 7. The first-order chi connectivity index (χ1) is 27.1. The van der Waals surface area contributed by atoms with Crippen LogP contribution in [0.4, 0.5) is 0 Å². The van der Waals surface area contributed by atoms with E-state index in [1.807, 2.05) is 30.3 Å². The minimum absolute atomic E-state index is 0.0107. The Kier molecular flexibility index (Phi) is 15.1. The van der Waals surface area contributed by atoms with Crippen LogP contribution in [-0.2, 0) is 52.8 Å². The van der Waals surface area contributed by atoms with Crippen molar-refractivity contribution in [3.05, 3.63) is 90.1 Å². The molecule has 56 heavy (non-hydrogen) atoms. The van der Waals surface area contributed by atoms with Gasteiger partial charge < -0.3 is 47.6 Å². The Morgan fingerprint density at radius 1 is 0.679 bits per heavy atom. The largest absolute Gasteiger partial charge is 0.361 e. The summed E-state index contributed by atoms with van der Waals surface area (Å²) in [6.45, 7) is -0.633. The molecule has 0 radical (unpaired) electrons. The molecule has 1 unspecified atom stereocenters. The highest BCUT2D eigenvalue weighted by molar-refractivity contribution is 8.13. The number of hydrogen-bond acceptors (Lipinski definition) is 10. The number of imidazole rings is 1. The standard InChI is InChI=1S/C38H46N10O7S/c39-13-6-11-28-36(53)48-30(16-24-18-41-27-10-5-4-9-26(24)27)35(52)43-20-33(50)42-21-34(51)56-14-12-32(49)45-31(17-25-19-40-22-44-25)38(55)47-29(37(54)46-28)15-23-7-2-1-3-8-23/h1-5,7-10,18-19,22,28-31,41H,6,11-17,20-21,39H2,(H,40,44)(H,42,50)(H,43,52)(H,45,49)(H,46,54)(H,47,55)(H,48,53)/t28-,29?,30-,31-/m0/s1. The Bertz CT molecular complexity index is 1990. The summed E-state index contributed by atoms with van der Waals surface area (Å²) in [5, 5.41) is 16.4. The Labute approximate surface area is 326 Å². The number of nitrogens with zero attached hydrogens (tertiary/aromatic N) is 1. The van der Waals surface area contributed by atoms with Gasteiger partial charge in [0.15, 0.2) is 0 Å². The molecule has 4 aromatic rings. The quantitative estimate of drug-likeness (QED) is 0.105. The van der Waals surface area contributed by atoms with Crippen LogP contribution in [0.1, 0.15) is 36.1 Å². The third kappa shape index (κ3) is 12.3. The topological polar surface area (TPSA) is 262 Å². The maximum absolute atomic E-state index is 14.1. The van der Waals surface area contributed by atoms with E-state index >= 15 is 0 Å². The number of amides is 6. The van der Waals surface area contributed by atoms with Gasteiger partial charge in [-0.2, -0.15) is 0 Å². The highest BCUT2D eigenvalue weighted by Gasteiger charge is 2.32. The first-order valence-electron chi connectivity index (χ1n) is 18.3. The van der Waals surface area contributed by atoms with Gasteiger partial charge in [-0.25, -0.2) is 4.98 Å². The van der Waals surface area contributed by atoms with Gasteiger partial charge in [0.25, 0.3) is 0 Å². The molecule has 17 nitrogen and oxygen atoms in total. The average Bonchev–Trinajstić information content (AvgIpc) is 3.87. The van der Waals surface area contributed by atoms with E-state index in [0.717, 1.165) is 28.2 Å². The van der Waals surface area contributed by atoms with Gasteiger partial charge in [0.1, 0.15) is 24.2 Å². The van der Waals surface area contributed by atoms with Gasteiger partial charge in [0, 0.05) is 60.4 Å². The monoisotopic (exact) mass is 786 g/mol. The van der Waals surface area contributed by atoms with E-state index in [9.17, 15) is 33.6 Å². The summed E-state index contributed by atoms with van der Waals surface area (Å²) in [7, 11) is 0. The van der Waals surface area contributed by atoms with Gasteiger partial charge in [0.05, 0.1) is 19.4 Å². The summed E-state index contributed by atoms with van der Waals surface area (Å²) in [6, 6.07) is 11.7. The van der Waals surface area contributed by atoms with E-state index in [0.29, 0.717) is 17.7 Å². The predicted octanol–water partition coefficient (Wildman–Crippen LogP) is -0.507. The van der Waals surface area contributed by atoms with Crippen molar-refractivity contribution >= 4 is 63.2 Å². The van der Waals surface area contributed by atoms with Crippen LogP contribution < -0.4 is 37.6 Å². The molecule has 4 atom stereocenters. The molecule has 0 bridgehead atoms. The summed E-state index contributed by atoms with van der Waals surface area (Å²) in [4.78, 5) is 104. The fourth-order valence-corrected chi connectivity index (χ4v) is 6.81. The number of aromatic amines is 2. The lowest BCUT2D eigenvalue weighted by atomic mass is 10.0. The van der Waals surface area contributed by atoms with E-state index in [2.05, 4.69) is 46.9 Å². The number of thioether (sulfide) groups is 1. The van der Waals surface area contributed by atoms with Crippen molar-refractivity contribution in [1.29, 1.82) is 0 Å². The molecule has 3 heterocycles. The van der Waals surface area contributed by atoms with Gasteiger partial charge in [-0.15, -0.1) is 0 Å². The molecule has 296 valence electrons. The second-order valence-corrected chi connectivity index (χ2v) is 14.4. The Morgan fingerprint density at radius 2 is 1.36 bits per heavy atom. The Balaban J connectivity index is 1.45. The minimum Gasteiger partial charge on any atom is -0.361 e. The first-order valence-corrected chi connectivity index (χ1v) is 19.2. The molecule has 1 aliphatic rings. The average molecular weight is 787 g/mol. The predicted molar refractivity (Wildman–Crippen MR) is 209 cm³/mol. The minimum atomic E-state index is -1.20. The van der Waals surface area contributed by atoms with E-state index in [-0.39, 0.29) is 50.9 Å². The molecular formula is C38H46N10O7S. The maximum Gasteiger partial charge on any atom is 0.243 e.